The highest BCUT2D eigenvalue weighted by atomic mass is 16.5. The average molecular weight is 245 g/mol. The summed E-state index contributed by atoms with van der Waals surface area (Å²) in [4.78, 5) is 12.5. The summed E-state index contributed by atoms with van der Waals surface area (Å²) >= 11 is 0. The van der Waals surface area contributed by atoms with Crippen molar-refractivity contribution in [1.29, 1.82) is 0 Å². The summed E-state index contributed by atoms with van der Waals surface area (Å²) in [5, 5.41) is 3.95. The molecule has 0 radical (unpaired) electrons. The van der Waals surface area contributed by atoms with Crippen molar-refractivity contribution in [3.63, 3.8) is 0 Å². The zero-order valence-electron chi connectivity index (χ0n) is 9.99. The van der Waals surface area contributed by atoms with Crippen molar-refractivity contribution in [1.82, 2.24) is 20.1 Å². The van der Waals surface area contributed by atoms with Crippen LogP contribution in [0.1, 0.15) is 37.5 Å². The molecule has 1 aliphatic rings. The van der Waals surface area contributed by atoms with Gasteiger partial charge in [0.2, 0.25) is 11.7 Å². The van der Waals surface area contributed by atoms with Crippen LogP contribution in [-0.4, -0.2) is 26.2 Å². The fourth-order valence-corrected chi connectivity index (χ4v) is 2.37. The second-order valence-corrected chi connectivity index (χ2v) is 4.60. The molecule has 0 aliphatic heterocycles. The molecule has 2 unspecified atom stereocenters. The third-order valence-electron chi connectivity index (χ3n) is 3.37. The van der Waals surface area contributed by atoms with Crippen LogP contribution in [0.4, 0.5) is 0 Å². The van der Waals surface area contributed by atoms with Gasteiger partial charge >= 0.3 is 0 Å². The smallest absolute Gasteiger partial charge is 0.231 e. The number of nitrogens with two attached hydrogens (primary N) is 1. The summed E-state index contributed by atoms with van der Waals surface area (Å²) in [5.41, 5.74) is 6.73. The van der Waals surface area contributed by atoms with E-state index in [4.69, 9.17) is 10.3 Å². The van der Waals surface area contributed by atoms with Gasteiger partial charge in [0.25, 0.3) is 0 Å². The average Bonchev–Trinajstić information content (AvgIpc) is 2.90. The van der Waals surface area contributed by atoms with Gasteiger partial charge in [-0.05, 0) is 12.8 Å². The molecule has 0 saturated heterocycles. The van der Waals surface area contributed by atoms with Gasteiger partial charge < -0.3 is 10.3 Å². The van der Waals surface area contributed by atoms with Crippen LogP contribution < -0.4 is 5.73 Å². The minimum absolute atomic E-state index is 0.119. The van der Waals surface area contributed by atoms with E-state index in [-0.39, 0.29) is 12.0 Å². The molecule has 2 aromatic heterocycles. The maximum atomic E-state index is 6.10. The lowest BCUT2D eigenvalue weighted by Gasteiger charge is -2.25. The minimum Gasteiger partial charge on any atom is -0.339 e. The Bertz CT molecular complexity index is 512. The van der Waals surface area contributed by atoms with E-state index in [2.05, 4.69) is 20.1 Å². The lowest BCUT2D eigenvalue weighted by atomic mass is 9.85. The summed E-state index contributed by atoms with van der Waals surface area (Å²) in [6, 6.07) is 0.119. The first-order chi connectivity index (χ1) is 8.84. The van der Waals surface area contributed by atoms with E-state index in [1.807, 2.05) is 0 Å². The van der Waals surface area contributed by atoms with Crippen LogP contribution in [0.15, 0.2) is 23.1 Å². The lowest BCUT2D eigenvalue weighted by Crippen LogP contribution is -2.31. The zero-order valence-corrected chi connectivity index (χ0v) is 9.99. The van der Waals surface area contributed by atoms with Crippen LogP contribution >= 0.6 is 0 Å². The van der Waals surface area contributed by atoms with Gasteiger partial charge in [-0.3, -0.25) is 4.98 Å². The van der Waals surface area contributed by atoms with E-state index in [1.165, 1.54) is 12.8 Å². The van der Waals surface area contributed by atoms with Crippen molar-refractivity contribution in [3.8, 4) is 11.5 Å². The van der Waals surface area contributed by atoms with Crippen molar-refractivity contribution in [2.45, 2.75) is 37.6 Å². The summed E-state index contributed by atoms with van der Waals surface area (Å²) in [6.07, 6.45) is 9.23. The third-order valence-corrected chi connectivity index (χ3v) is 3.37. The number of aromatic nitrogens is 4. The number of hydrogen-bond donors (Lipinski definition) is 1. The predicted octanol–water partition coefficient (Wildman–Crippen LogP) is 1.51. The quantitative estimate of drug-likeness (QED) is 0.862. The van der Waals surface area contributed by atoms with Crippen LogP contribution in [0.2, 0.25) is 0 Å². The highest BCUT2D eigenvalue weighted by molar-refractivity contribution is 5.45. The first-order valence-corrected chi connectivity index (χ1v) is 6.20. The molecule has 1 saturated carbocycles. The largest absolute Gasteiger partial charge is 0.339 e. The molecule has 2 heterocycles. The van der Waals surface area contributed by atoms with Gasteiger partial charge in [0, 0.05) is 18.4 Å². The molecule has 6 heteroatoms. The van der Waals surface area contributed by atoms with Gasteiger partial charge in [-0.25, -0.2) is 4.98 Å². The topological polar surface area (TPSA) is 90.7 Å². The Kier molecular flexibility index (Phi) is 3.02. The molecule has 1 fully saturated rings. The Labute approximate surface area is 105 Å². The molecule has 0 bridgehead atoms. The van der Waals surface area contributed by atoms with E-state index in [0.29, 0.717) is 17.4 Å². The van der Waals surface area contributed by atoms with Crippen LogP contribution in [0.5, 0.6) is 0 Å². The molecule has 0 amide bonds. The molecule has 2 N–H and O–H groups in total. The molecule has 0 aromatic carbocycles. The standard InChI is InChI=1S/C12H15N5O/c13-9-4-2-1-3-8(9)12-16-11(17-18-12)10-7-14-5-6-15-10/h5-9H,1-4,13H2. The molecule has 6 nitrogen and oxygen atoms in total. The Morgan fingerprint density at radius 2 is 2.11 bits per heavy atom. The molecule has 3 rings (SSSR count). The monoisotopic (exact) mass is 245 g/mol. The summed E-state index contributed by atoms with van der Waals surface area (Å²) in [6.45, 7) is 0. The molecule has 1 aliphatic carbocycles. The third kappa shape index (κ3) is 2.11. The van der Waals surface area contributed by atoms with Gasteiger partial charge in [0.05, 0.1) is 12.1 Å². The van der Waals surface area contributed by atoms with Crippen LogP contribution in [0.3, 0.4) is 0 Å². The molecule has 2 aromatic rings. The Morgan fingerprint density at radius 1 is 1.22 bits per heavy atom. The Hall–Kier alpha value is -1.82. The van der Waals surface area contributed by atoms with E-state index in [9.17, 15) is 0 Å². The van der Waals surface area contributed by atoms with Crippen molar-refractivity contribution in [2.24, 2.45) is 5.73 Å². The SMILES string of the molecule is NC1CCCCC1c1nc(-c2cnccn2)no1. The van der Waals surface area contributed by atoms with Gasteiger partial charge in [0.15, 0.2) is 0 Å². The van der Waals surface area contributed by atoms with Crippen LogP contribution in [-0.2, 0) is 0 Å². The second-order valence-electron chi connectivity index (χ2n) is 4.60. The number of hydrogen-bond acceptors (Lipinski definition) is 6. The predicted molar refractivity (Wildman–Crippen MR) is 64.5 cm³/mol. The zero-order chi connectivity index (χ0) is 12.4. The summed E-state index contributed by atoms with van der Waals surface area (Å²) < 4.78 is 5.32. The lowest BCUT2D eigenvalue weighted by molar-refractivity contribution is 0.290. The molecule has 94 valence electrons. The number of nitrogens with zero attached hydrogens (tertiary/aromatic N) is 4. The maximum Gasteiger partial charge on any atom is 0.231 e. The van der Waals surface area contributed by atoms with Gasteiger partial charge in [0.1, 0.15) is 5.69 Å². The highest BCUT2D eigenvalue weighted by Crippen LogP contribution is 2.31. The fourth-order valence-electron chi connectivity index (χ4n) is 2.37. The molecule has 18 heavy (non-hydrogen) atoms. The van der Waals surface area contributed by atoms with E-state index < -0.39 is 0 Å². The molecule has 0 spiro atoms. The fraction of sp³-hybridized carbons (Fsp3) is 0.500. The minimum atomic E-state index is 0.119. The Morgan fingerprint density at radius 3 is 2.89 bits per heavy atom. The van der Waals surface area contributed by atoms with Crippen molar-refractivity contribution in [2.75, 3.05) is 0 Å². The Balaban J connectivity index is 1.85. The van der Waals surface area contributed by atoms with E-state index in [0.717, 1.165) is 12.8 Å². The molecular formula is C12H15N5O. The van der Waals surface area contributed by atoms with Gasteiger partial charge in [-0.15, -0.1) is 0 Å². The first-order valence-electron chi connectivity index (χ1n) is 6.20. The summed E-state index contributed by atoms with van der Waals surface area (Å²) in [5.74, 6) is 1.29. The van der Waals surface area contributed by atoms with Crippen LogP contribution in [0.25, 0.3) is 11.5 Å². The summed E-state index contributed by atoms with van der Waals surface area (Å²) in [7, 11) is 0. The normalized spacial score (nSPS) is 24.1. The molecular weight excluding hydrogens is 230 g/mol. The highest BCUT2D eigenvalue weighted by Gasteiger charge is 2.28. The van der Waals surface area contributed by atoms with E-state index in [1.54, 1.807) is 18.6 Å². The van der Waals surface area contributed by atoms with Crippen LogP contribution in [0, 0.1) is 0 Å². The second kappa shape index (κ2) is 4.81. The maximum absolute atomic E-state index is 6.10. The van der Waals surface area contributed by atoms with Gasteiger partial charge in [-0.1, -0.05) is 18.0 Å². The van der Waals surface area contributed by atoms with Crippen molar-refractivity contribution < 1.29 is 4.52 Å². The van der Waals surface area contributed by atoms with Crippen molar-refractivity contribution >= 4 is 0 Å². The van der Waals surface area contributed by atoms with E-state index >= 15 is 0 Å². The van der Waals surface area contributed by atoms with Crippen molar-refractivity contribution in [3.05, 3.63) is 24.5 Å². The molecule has 2 atom stereocenters. The first kappa shape index (κ1) is 11.3. The van der Waals surface area contributed by atoms with Gasteiger partial charge in [-0.2, -0.15) is 4.98 Å². The number of rotatable bonds is 2.